The molecule has 1 fully saturated rings. The maximum atomic E-state index is 10.8. The second kappa shape index (κ2) is 5.46. The summed E-state index contributed by atoms with van der Waals surface area (Å²) in [6.45, 7) is 3.96. The Morgan fingerprint density at radius 1 is 1.56 bits per heavy atom. The average Bonchev–Trinajstić information content (AvgIpc) is 2.38. The van der Waals surface area contributed by atoms with Gasteiger partial charge < -0.3 is 5.73 Å². The molecule has 0 bridgehead atoms. The third-order valence-corrected chi connectivity index (χ3v) is 3.60. The van der Waals surface area contributed by atoms with Crippen LogP contribution in [0.4, 0.5) is 5.69 Å². The molecule has 1 aliphatic rings. The van der Waals surface area contributed by atoms with Crippen LogP contribution in [-0.2, 0) is 0 Å². The van der Waals surface area contributed by atoms with Gasteiger partial charge in [-0.1, -0.05) is 12.1 Å². The van der Waals surface area contributed by atoms with E-state index in [1.165, 1.54) is 6.07 Å². The summed E-state index contributed by atoms with van der Waals surface area (Å²) >= 11 is 0. The third kappa shape index (κ3) is 2.86. The predicted octanol–water partition coefficient (Wildman–Crippen LogP) is 2.08. The van der Waals surface area contributed by atoms with Gasteiger partial charge in [0.15, 0.2) is 0 Å². The number of nitrogens with two attached hydrogens (primary N) is 1. The molecule has 5 heteroatoms. The van der Waals surface area contributed by atoms with Crippen LogP contribution < -0.4 is 5.73 Å². The topological polar surface area (TPSA) is 72.4 Å². The highest BCUT2D eigenvalue weighted by atomic mass is 16.6. The third-order valence-electron chi connectivity index (χ3n) is 3.60. The molecule has 2 rings (SSSR count). The zero-order valence-corrected chi connectivity index (χ0v) is 10.6. The van der Waals surface area contributed by atoms with E-state index in [0.717, 1.165) is 31.5 Å². The molecule has 98 valence electrons. The molecule has 0 radical (unpaired) electrons. The quantitative estimate of drug-likeness (QED) is 0.657. The monoisotopic (exact) mass is 249 g/mol. The molecule has 5 nitrogen and oxygen atoms in total. The average molecular weight is 249 g/mol. The maximum Gasteiger partial charge on any atom is 0.269 e. The van der Waals surface area contributed by atoms with Gasteiger partial charge in [0.25, 0.3) is 5.69 Å². The van der Waals surface area contributed by atoms with Crippen molar-refractivity contribution < 1.29 is 4.92 Å². The van der Waals surface area contributed by atoms with E-state index in [4.69, 9.17) is 5.73 Å². The highest BCUT2D eigenvalue weighted by molar-refractivity contribution is 5.35. The first kappa shape index (κ1) is 13.0. The number of hydrogen-bond donors (Lipinski definition) is 1. The fourth-order valence-electron chi connectivity index (χ4n) is 2.50. The lowest BCUT2D eigenvalue weighted by molar-refractivity contribution is -0.384. The molecule has 0 spiro atoms. The number of hydrogen-bond acceptors (Lipinski definition) is 4. The van der Waals surface area contributed by atoms with Crippen LogP contribution in [-0.4, -0.2) is 29.0 Å². The van der Waals surface area contributed by atoms with E-state index in [1.807, 2.05) is 6.07 Å². The van der Waals surface area contributed by atoms with E-state index in [2.05, 4.69) is 11.8 Å². The van der Waals surface area contributed by atoms with Crippen molar-refractivity contribution in [1.82, 2.24) is 4.90 Å². The van der Waals surface area contributed by atoms with E-state index >= 15 is 0 Å². The largest absolute Gasteiger partial charge is 0.327 e. The van der Waals surface area contributed by atoms with Crippen LogP contribution in [0.2, 0.25) is 0 Å². The molecule has 1 aliphatic heterocycles. The fraction of sp³-hybridized carbons (Fsp3) is 0.538. The summed E-state index contributed by atoms with van der Waals surface area (Å²) in [5, 5.41) is 10.8. The minimum Gasteiger partial charge on any atom is -0.327 e. The maximum absolute atomic E-state index is 10.8. The number of piperidine rings is 1. The predicted molar refractivity (Wildman–Crippen MR) is 70.3 cm³/mol. The summed E-state index contributed by atoms with van der Waals surface area (Å²) in [4.78, 5) is 12.7. The van der Waals surface area contributed by atoms with E-state index in [9.17, 15) is 10.1 Å². The van der Waals surface area contributed by atoms with Crippen molar-refractivity contribution in [2.45, 2.75) is 31.8 Å². The number of nitro groups is 1. The molecule has 2 unspecified atom stereocenters. The van der Waals surface area contributed by atoms with Crippen LogP contribution in [0.5, 0.6) is 0 Å². The summed E-state index contributed by atoms with van der Waals surface area (Å²) in [5.74, 6) is 0. The molecule has 0 amide bonds. The number of rotatable bonds is 3. The van der Waals surface area contributed by atoms with Gasteiger partial charge >= 0.3 is 0 Å². The van der Waals surface area contributed by atoms with Gasteiger partial charge in [-0.3, -0.25) is 15.0 Å². The number of likely N-dealkylation sites (tertiary alicyclic amines) is 1. The Balaban J connectivity index is 2.14. The lowest BCUT2D eigenvalue weighted by Crippen LogP contribution is -2.43. The minimum absolute atomic E-state index is 0.153. The lowest BCUT2D eigenvalue weighted by Gasteiger charge is -2.35. The number of benzene rings is 1. The first-order valence-electron chi connectivity index (χ1n) is 6.32. The molecule has 2 atom stereocenters. The van der Waals surface area contributed by atoms with Crippen molar-refractivity contribution in [1.29, 1.82) is 0 Å². The van der Waals surface area contributed by atoms with Gasteiger partial charge in [0, 0.05) is 30.8 Å². The molecule has 0 saturated carbocycles. The Bertz CT molecular complexity index is 436. The molecule has 18 heavy (non-hydrogen) atoms. The first-order valence-corrected chi connectivity index (χ1v) is 6.32. The Morgan fingerprint density at radius 2 is 2.33 bits per heavy atom. The lowest BCUT2D eigenvalue weighted by atomic mass is 10.0. The Labute approximate surface area is 107 Å². The molecule has 0 aromatic heterocycles. The molecule has 1 aromatic carbocycles. The van der Waals surface area contributed by atoms with Gasteiger partial charge in [-0.2, -0.15) is 0 Å². The van der Waals surface area contributed by atoms with Gasteiger partial charge in [-0.25, -0.2) is 0 Å². The number of non-ortho nitro benzene ring substituents is 1. The molecule has 1 heterocycles. The zero-order valence-electron chi connectivity index (χ0n) is 10.6. The summed E-state index contributed by atoms with van der Waals surface area (Å²) in [6, 6.07) is 7.27. The first-order chi connectivity index (χ1) is 8.58. The van der Waals surface area contributed by atoms with Crippen LogP contribution in [0.25, 0.3) is 0 Å². The standard InChI is InChI=1S/C13H19N3O2/c1-10(15-7-3-5-12(14)9-15)11-4-2-6-13(8-11)16(17)18/h2,4,6,8,10,12H,3,5,7,9,14H2,1H3. The summed E-state index contributed by atoms with van der Waals surface area (Å²) < 4.78 is 0. The Hall–Kier alpha value is -1.46. The number of nitrogens with zero attached hydrogens (tertiary/aromatic N) is 2. The Morgan fingerprint density at radius 3 is 3.00 bits per heavy atom. The molecule has 2 N–H and O–H groups in total. The van der Waals surface area contributed by atoms with Crippen molar-refractivity contribution in [2.24, 2.45) is 5.73 Å². The second-order valence-corrected chi connectivity index (χ2v) is 4.93. The van der Waals surface area contributed by atoms with Crippen LogP contribution >= 0.6 is 0 Å². The van der Waals surface area contributed by atoms with Crippen molar-refractivity contribution in [2.75, 3.05) is 13.1 Å². The van der Waals surface area contributed by atoms with Gasteiger partial charge in [0.2, 0.25) is 0 Å². The molecule has 0 aliphatic carbocycles. The number of nitro benzene ring substituents is 1. The van der Waals surface area contributed by atoms with Crippen molar-refractivity contribution in [3.05, 3.63) is 39.9 Å². The zero-order chi connectivity index (χ0) is 13.1. The van der Waals surface area contributed by atoms with Gasteiger partial charge in [0.1, 0.15) is 0 Å². The van der Waals surface area contributed by atoms with Gasteiger partial charge in [-0.05, 0) is 31.9 Å². The van der Waals surface area contributed by atoms with Crippen LogP contribution in [0.15, 0.2) is 24.3 Å². The summed E-state index contributed by atoms with van der Waals surface area (Å²) in [5.41, 5.74) is 7.11. The van der Waals surface area contributed by atoms with Crippen LogP contribution in [0.3, 0.4) is 0 Å². The molecule has 1 aromatic rings. The van der Waals surface area contributed by atoms with E-state index in [-0.39, 0.29) is 22.7 Å². The van der Waals surface area contributed by atoms with Gasteiger partial charge in [0.05, 0.1) is 4.92 Å². The Kier molecular flexibility index (Phi) is 3.93. The van der Waals surface area contributed by atoms with E-state index < -0.39 is 0 Å². The smallest absolute Gasteiger partial charge is 0.269 e. The summed E-state index contributed by atoms with van der Waals surface area (Å²) in [7, 11) is 0. The van der Waals surface area contributed by atoms with Crippen molar-refractivity contribution >= 4 is 5.69 Å². The minimum atomic E-state index is -0.349. The summed E-state index contributed by atoms with van der Waals surface area (Å²) in [6.07, 6.45) is 2.17. The van der Waals surface area contributed by atoms with Gasteiger partial charge in [-0.15, -0.1) is 0 Å². The highest BCUT2D eigenvalue weighted by Crippen LogP contribution is 2.26. The van der Waals surface area contributed by atoms with Crippen molar-refractivity contribution in [3.8, 4) is 0 Å². The van der Waals surface area contributed by atoms with E-state index in [0.29, 0.717) is 0 Å². The second-order valence-electron chi connectivity index (χ2n) is 4.93. The van der Waals surface area contributed by atoms with E-state index in [1.54, 1.807) is 12.1 Å². The fourth-order valence-corrected chi connectivity index (χ4v) is 2.50. The normalized spacial score (nSPS) is 22.7. The van der Waals surface area contributed by atoms with Crippen LogP contribution in [0.1, 0.15) is 31.4 Å². The van der Waals surface area contributed by atoms with Crippen molar-refractivity contribution in [3.63, 3.8) is 0 Å². The highest BCUT2D eigenvalue weighted by Gasteiger charge is 2.23. The molecular weight excluding hydrogens is 230 g/mol. The molecular formula is C13H19N3O2. The van der Waals surface area contributed by atoms with Crippen LogP contribution in [0, 0.1) is 10.1 Å². The SMILES string of the molecule is CC(c1cccc([N+](=O)[O-])c1)N1CCCC(N)C1. The molecule has 1 saturated heterocycles.